The summed E-state index contributed by atoms with van der Waals surface area (Å²) in [5.41, 5.74) is 3.76. The summed E-state index contributed by atoms with van der Waals surface area (Å²) in [6.45, 7) is 8.49. The quantitative estimate of drug-likeness (QED) is 0.0817. The molecule has 0 bridgehead atoms. The van der Waals surface area contributed by atoms with E-state index < -0.39 is 11.7 Å². The Balaban J connectivity index is 0.00000600. The zero-order chi connectivity index (χ0) is 38.8. The lowest BCUT2D eigenvalue weighted by atomic mass is 10.1. The first-order valence-electron chi connectivity index (χ1n) is 17.8. The Morgan fingerprint density at radius 1 is 0.786 bits per heavy atom. The van der Waals surface area contributed by atoms with Crippen LogP contribution in [0.5, 0.6) is 28.9 Å². The number of piperazine rings is 1. The first kappa shape index (κ1) is 41.9. The van der Waals surface area contributed by atoms with Gasteiger partial charge in [0.1, 0.15) is 37.1 Å². The van der Waals surface area contributed by atoms with E-state index in [2.05, 4.69) is 22.0 Å². The largest absolute Gasteiger partial charge is 0.490 e. The van der Waals surface area contributed by atoms with Crippen LogP contribution in [-0.4, -0.2) is 60.1 Å². The number of carbonyl (C=O) groups excluding carboxylic acids is 1. The lowest BCUT2D eigenvalue weighted by Crippen LogP contribution is -2.47. The zero-order valence-electron chi connectivity index (χ0n) is 30.9. The van der Waals surface area contributed by atoms with Crippen LogP contribution in [0.25, 0.3) is 6.08 Å². The van der Waals surface area contributed by atoms with Gasteiger partial charge in [0.2, 0.25) is 11.8 Å². The van der Waals surface area contributed by atoms with E-state index in [1.165, 1.54) is 29.5 Å². The van der Waals surface area contributed by atoms with Gasteiger partial charge in [-0.15, -0.1) is 12.4 Å². The van der Waals surface area contributed by atoms with Gasteiger partial charge in [0, 0.05) is 44.9 Å². The van der Waals surface area contributed by atoms with Crippen LogP contribution in [0.2, 0.25) is 5.02 Å². The van der Waals surface area contributed by atoms with Crippen molar-refractivity contribution in [2.45, 2.75) is 33.2 Å². The molecular weight excluding hydrogens is 766 g/mol. The second-order valence-electron chi connectivity index (χ2n) is 13.2. The summed E-state index contributed by atoms with van der Waals surface area (Å²) in [4.78, 5) is 21.5. The van der Waals surface area contributed by atoms with Crippen molar-refractivity contribution < 1.29 is 36.9 Å². The molecule has 0 aliphatic carbocycles. The number of rotatable bonds is 14. The van der Waals surface area contributed by atoms with Crippen LogP contribution >= 0.6 is 24.0 Å². The normalized spacial score (nSPS) is 13.3. The molecule has 1 aliphatic heterocycles. The van der Waals surface area contributed by atoms with Crippen LogP contribution in [0.15, 0.2) is 109 Å². The number of carbonyl (C=O) groups is 1. The summed E-state index contributed by atoms with van der Waals surface area (Å²) in [6, 6.07) is 27.7. The predicted octanol–water partition coefficient (Wildman–Crippen LogP) is 9.98. The maximum atomic E-state index is 13.0. The number of benzene rings is 4. The Labute approximate surface area is 335 Å². The van der Waals surface area contributed by atoms with Gasteiger partial charge in [-0.1, -0.05) is 53.6 Å². The lowest BCUT2D eigenvalue weighted by molar-refractivity contribution is -0.137. The first-order valence-corrected chi connectivity index (χ1v) is 18.2. The van der Waals surface area contributed by atoms with Crippen molar-refractivity contribution in [3.05, 3.63) is 148 Å². The second-order valence-corrected chi connectivity index (χ2v) is 13.6. The number of halogens is 5. The predicted molar refractivity (Wildman–Crippen MR) is 213 cm³/mol. The summed E-state index contributed by atoms with van der Waals surface area (Å²) in [6.07, 6.45) is 0.388. The van der Waals surface area contributed by atoms with E-state index in [9.17, 15) is 18.0 Å². The van der Waals surface area contributed by atoms with E-state index >= 15 is 0 Å². The van der Waals surface area contributed by atoms with Gasteiger partial charge in [-0.3, -0.25) is 9.69 Å². The van der Waals surface area contributed by atoms with Crippen molar-refractivity contribution in [2.75, 3.05) is 39.4 Å². The number of alkyl halides is 3. The molecule has 1 amide bonds. The van der Waals surface area contributed by atoms with Gasteiger partial charge in [0.25, 0.3) is 0 Å². The SMILES string of the molecule is Cc1ccc(OCCOc2ccc(CN3CCN(C(=O)/C=C/c4cc(C)c(Oc5ccc(OCc6ccc(C(F)(F)F)cc6)cn5)c(Cl)c4)CC3)cc2)cc1.Cl. The molecule has 4 aromatic carbocycles. The van der Waals surface area contributed by atoms with Crippen molar-refractivity contribution >= 4 is 36.0 Å². The molecule has 294 valence electrons. The average Bonchev–Trinajstić information content (AvgIpc) is 3.18. The Morgan fingerprint density at radius 2 is 1.39 bits per heavy atom. The third-order valence-electron chi connectivity index (χ3n) is 8.93. The molecule has 1 saturated heterocycles. The molecule has 1 aliphatic rings. The van der Waals surface area contributed by atoms with Crippen LogP contribution < -0.4 is 18.9 Å². The Hall–Kier alpha value is -5.23. The van der Waals surface area contributed by atoms with Crippen molar-refractivity contribution in [3.63, 3.8) is 0 Å². The van der Waals surface area contributed by atoms with E-state index in [0.717, 1.165) is 54.4 Å². The van der Waals surface area contributed by atoms with E-state index in [4.69, 9.17) is 30.5 Å². The highest BCUT2D eigenvalue weighted by atomic mass is 35.5. The first-order chi connectivity index (χ1) is 26.5. The molecular formula is C43H42Cl2F3N3O5. The smallest absolute Gasteiger partial charge is 0.416 e. The molecule has 1 aromatic heterocycles. The van der Waals surface area contributed by atoms with Crippen molar-refractivity contribution in [1.29, 1.82) is 0 Å². The lowest BCUT2D eigenvalue weighted by Gasteiger charge is -2.34. The molecule has 0 atom stereocenters. The molecule has 5 aromatic rings. The van der Waals surface area contributed by atoms with Crippen LogP contribution in [0.1, 0.15) is 33.4 Å². The number of aryl methyl sites for hydroxylation is 2. The maximum absolute atomic E-state index is 13.0. The van der Waals surface area contributed by atoms with Crippen molar-refractivity contribution in [1.82, 2.24) is 14.8 Å². The number of amides is 1. The average molecular weight is 809 g/mol. The Bertz CT molecular complexity index is 2030. The maximum Gasteiger partial charge on any atom is 0.416 e. The molecule has 0 spiro atoms. The summed E-state index contributed by atoms with van der Waals surface area (Å²) in [7, 11) is 0. The fourth-order valence-corrected chi connectivity index (χ4v) is 6.17. The second kappa shape index (κ2) is 19.6. The van der Waals surface area contributed by atoms with Crippen molar-refractivity contribution in [3.8, 4) is 28.9 Å². The van der Waals surface area contributed by atoms with E-state index in [-0.39, 0.29) is 30.8 Å². The van der Waals surface area contributed by atoms with Gasteiger partial charge in [0.05, 0.1) is 16.8 Å². The number of hydrogen-bond acceptors (Lipinski definition) is 7. The Kier molecular flexibility index (Phi) is 14.7. The molecule has 0 unspecified atom stereocenters. The van der Waals surface area contributed by atoms with Crippen LogP contribution in [0.3, 0.4) is 0 Å². The molecule has 8 nitrogen and oxygen atoms in total. The van der Waals surface area contributed by atoms with Gasteiger partial charge in [-0.05, 0) is 96.8 Å². The summed E-state index contributed by atoms with van der Waals surface area (Å²) < 4.78 is 61.6. The van der Waals surface area contributed by atoms with Gasteiger partial charge < -0.3 is 23.8 Å². The molecule has 6 rings (SSSR count). The fourth-order valence-electron chi connectivity index (χ4n) is 5.86. The third kappa shape index (κ3) is 12.1. The summed E-state index contributed by atoms with van der Waals surface area (Å²) >= 11 is 6.59. The molecule has 13 heteroatoms. The highest BCUT2D eigenvalue weighted by Crippen LogP contribution is 2.34. The summed E-state index contributed by atoms with van der Waals surface area (Å²) in [5, 5.41) is 0.358. The fraction of sp³-hybridized carbons (Fsp3) is 0.256. The molecule has 0 saturated carbocycles. The van der Waals surface area contributed by atoms with E-state index in [0.29, 0.717) is 48.4 Å². The molecule has 56 heavy (non-hydrogen) atoms. The molecule has 2 heterocycles. The van der Waals surface area contributed by atoms with Crippen LogP contribution in [0.4, 0.5) is 13.2 Å². The Morgan fingerprint density at radius 3 is 1.98 bits per heavy atom. The molecule has 1 fully saturated rings. The van der Waals surface area contributed by atoms with Gasteiger partial charge >= 0.3 is 6.18 Å². The molecule has 0 N–H and O–H groups in total. The minimum absolute atomic E-state index is 0. The molecule has 0 radical (unpaired) electrons. The van der Waals surface area contributed by atoms with Crippen molar-refractivity contribution in [2.24, 2.45) is 0 Å². The van der Waals surface area contributed by atoms with Gasteiger partial charge in [0.15, 0.2) is 5.75 Å². The minimum Gasteiger partial charge on any atom is -0.490 e. The number of aromatic nitrogens is 1. The zero-order valence-corrected chi connectivity index (χ0v) is 32.5. The van der Waals surface area contributed by atoms with Gasteiger partial charge in [-0.2, -0.15) is 13.2 Å². The monoisotopic (exact) mass is 807 g/mol. The van der Waals surface area contributed by atoms with E-state index in [1.807, 2.05) is 61.2 Å². The topological polar surface area (TPSA) is 73.4 Å². The van der Waals surface area contributed by atoms with Crippen LogP contribution in [-0.2, 0) is 24.1 Å². The number of nitrogens with zero attached hydrogens (tertiary/aromatic N) is 3. The summed E-state index contributed by atoms with van der Waals surface area (Å²) in [5.74, 6) is 2.70. The van der Waals surface area contributed by atoms with Gasteiger partial charge in [-0.25, -0.2) is 4.98 Å². The number of pyridine rings is 1. The number of ether oxygens (including phenoxy) is 4. The standard InChI is InChI=1S/C43H41ClF3N3O5.ClH/c1-30-3-12-36(13-4-30)52-23-24-53-37-14-7-32(8-15-37)28-49-19-21-50(22-20-49)41(51)18-9-34-25-31(2)42(39(44)26-34)55-40-17-16-38(27-48-40)54-29-33-5-10-35(11-6-33)43(45,46)47;/h3-18,25-27H,19-24,28-29H2,1-2H3;1H/b18-9+;. The highest BCUT2D eigenvalue weighted by Gasteiger charge is 2.30. The highest BCUT2D eigenvalue weighted by molar-refractivity contribution is 6.32. The third-order valence-corrected chi connectivity index (χ3v) is 9.21. The van der Waals surface area contributed by atoms with E-state index in [1.54, 1.807) is 30.4 Å². The minimum atomic E-state index is -4.39. The van der Waals surface area contributed by atoms with Crippen LogP contribution in [0, 0.1) is 13.8 Å². The number of hydrogen-bond donors (Lipinski definition) is 0.